The molecule has 0 fully saturated rings. The summed E-state index contributed by atoms with van der Waals surface area (Å²) in [5.74, 6) is -1.86. The minimum atomic E-state index is -1.42. The van der Waals surface area contributed by atoms with Gasteiger partial charge in [-0.2, -0.15) is 0 Å². The number of carboxylic acid groups (broad SMARTS) is 1. The molecule has 1 heterocycles. The molecule has 0 aliphatic heterocycles. The van der Waals surface area contributed by atoms with Gasteiger partial charge < -0.3 is 15.0 Å². The Bertz CT molecular complexity index is 516. The molecule has 0 radical (unpaired) electrons. The van der Waals surface area contributed by atoms with Gasteiger partial charge in [0.05, 0.1) is 0 Å². The van der Waals surface area contributed by atoms with E-state index in [2.05, 4.69) is 5.32 Å². The zero-order valence-electron chi connectivity index (χ0n) is 9.85. The van der Waals surface area contributed by atoms with Crippen molar-refractivity contribution in [2.24, 2.45) is 7.05 Å². The van der Waals surface area contributed by atoms with Gasteiger partial charge in [0.15, 0.2) is 0 Å². The highest BCUT2D eigenvalue weighted by atomic mass is 16.4. The van der Waals surface area contributed by atoms with E-state index in [9.17, 15) is 14.4 Å². The molecular formula is C11H14N2O4. The second kappa shape index (κ2) is 4.40. The summed E-state index contributed by atoms with van der Waals surface area (Å²) in [6.07, 6.45) is 1.52. The van der Waals surface area contributed by atoms with Crippen molar-refractivity contribution >= 4 is 11.9 Å². The number of hydrogen-bond acceptors (Lipinski definition) is 3. The van der Waals surface area contributed by atoms with E-state index in [4.69, 9.17) is 5.11 Å². The Kier molecular flexibility index (Phi) is 3.36. The summed E-state index contributed by atoms with van der Waals surface area (Å²) < 4.78 is 1.25. The molecule has 0 aromatic carbocycles. The normalized spacial score (nSPS) is 11.0. The number of rotatable bonds is 3. The lowest BCUT2D eigenvalue weighted by atomic mass is 10.1. The number of carboxylic acids is 1. The highest BCUT2D eigenvalue weighted by Gasteiger charge is 2.30. The van der Waals surface area contributed by atoms with Crippen LogP contribution in [-0.4, -0.2) is 27.1 Å². The SMILES string of the molecule is Cn1cccc(C(=O)NC(C)(C)C(=O)O)c1=O. The maximum atomic E-state index is 11.8. The molecule has 1 rings (SSSR count). The molecule has 0 bridgehead atoms. The molecule has 92 valence electrons. The largest absolute Gasteiger partial charge is 0.480 e. The van der Waals surface area contributed by atoms with Crippen LogP contribution in [0.5, 0.6) is 0 Å². The maximum Gasteiger partial charge on any atom is 0.328 e. The Balaban J connectivity index is 3.03. The van der Waals surface area contributed by atoms with Crippen LogP contribution in [0.1, 0.15) is 24.2 Å². The topological polar surface area (TPSA) is 88.4 Å². The van der Waals surface area contributed by atoms with Crippen LogP contribution in [0, 0.1) is 0 Å². The predicted octanol–water partition coefficient (Wildman–Crippen LogP) is -0.0217. The van der Waals surface area contributed by atoms with Crippen molar-refractivity contribution < 1.29 is 14.7 Å². The molecule has 6 heteroatoms. The Morgan fingerprint density at radius 1 is 1.41 bits per heavy atom. The van der Waals surface area contributed by atoms with Gasteiger partial charge in [-0.25, -0.2) is 4.79 Å². The van der Waals surface area contributed by atoms with E-state index in [1.54, 1.807) is 6.07 Å². The maximum absolute atomic E-state index is 11.8. The van der Waals surface area contributed by atoms with E-state index < -0.39 is 23.0 Å². The van der Waals surface area contributed by atoms with Gasteiger partial charge in [-0.3, -0.25) is 9.59 Å². The molecule has 0 atom stereocenters. The van der Waals surface area contributed by atoms with Gasteiger partial charge in [0.25, 0.3) is 11.5 Å². The van der Waals surface area contributed by atoms with E-state index >= 15 is 0 Å². The molecule has 17 heavy (non-hydrogen) atoms. The van der Waals surface area contributed by atoms with Gasteiger partial charge in [-0.05, 0) is 26.0 Å². The molecule has 1 amide bonds. The van der Waals surface area contributed by atoms with Gasteiger partial charge in [0.1, 0.15) is 11.1 Å². The van der Waals surface area contributed by atoms with E-state index in [0.29, 0.717) is 0 Å². The fraction of sp³-hybridized carbons (Fsp3) is 0.364. The predicted molar refractivity (Wildman–Crippen MR) is 60.9 cm³/mol. The van der Waals surface area contributed by atoms with Crippen molar-refractivity contribution in [3.8, 4) is 0 Å². The molecule has 6 nitrogen and oxygen atoms in total. The van der Waals surface area contributed by atoms with Gasteiger partial charge >= 0.3 is 5.97 Å². The van der Waals surface area contributed by atoms with Crippen LogP contribution in [0.15, 0.2) is 23.1 Å². The number of pyridine rings is 1. The summed E-state index contributed by atoms with van der Waals surface area (Å²) in [7, 11) is 1.52. The Labute approximate surface area is 97.9 Å². The van der Waals surface area contributed by atoms with Gasteiger partial charge in [-0.15, -0.1) is 0 Å². The molecule has 0 aliphatic rings. The number of nitrogens with one attached hydrogen (secondary N) is 1. The first-order valence-electron chi connectivity index (χ1n) is 4.97. The van der Waals surface area contributed by atoms with Crippen molar-refractivity contribution in [1.82, 2.24) is 9.88 Å². The highest BCUT2D eigenvalue weighted by molar-refractivity contribution is 5.97. The molecule has 0 saturated heterocycles. The van der Waals surface area contributed by atoms with Crippen molar-refractivity contribution in [3.05, 3.63) is 34.2 Å². The number of amides is 1. The number of hydrogen-bond donors (Lipinski definition) is 2. The number of aromatic nitrogens is 1. The number of carbonyl (C=O) groups is 2. The summed E-state index contributed by atoms with van der Waals surface area (Å²) in [6, 6.07) is 2.90. The highest BCUT2D eigenvalue weighted by Crippen LogP contribution is 2.03. The van der Waals surface area contributed by atoms with Crippen LogP contribution in [0.3, 0.4) is 0 Å². The van der Waals surface area contributed by atoms with Gasteiger partial charge in [-0.1, -0.05) is 0 Å². The third-order valence-electron chi connectivity index (χ3n) is 2.33. The van der Waals surface area contributed by atoms with Crippen LogP contribution >= 0.6 is 0 Å². The summed E-state index contributed by atoms with van der Waals surface area (Å²) in [4.78, 5) is 34.2. The molecule has 0 aliphatic carbocycles. The van der Waals surface area contributed by atoms with E-state index in [0.717, 1.165) is 0 Å². The van der Waals surface area contributed by atoms with Crippen LogP contribution in [0.2, 0.25) is 0 Å². The zero-order chi connectivity index (χ0) is 13.2. The Morgan fingerprint density at radius 2 is 2.00 bits per heavy atom. The fourth-order valence-corrected chi connectivity index (χ4v) is 1.17. The molecule has 0 spiro atoms. The number of nitrogens with zero attached hydrogens (tertiary/aromatic N) is 1. The van der Waals surface area contributed by atoms with Crippen LogP contribution < -0.4 is 10.9 Å². The smallest absolute Gasteiger partial charge is 0.328 e. The lowest BCUT2D eigenvalue weighted by molar-refractivity contribution is -0.143. The molecule has 1 aromatic heterocycles. The summed E-state index contributed by atoms with van der Waals surface area (Å²) >= 11 is 0. The molecule has 0 unspecified atom stereocenters. The van der Waals surface area contributed by atoms with Gasteiger partial charge in [0.2, 0.25) is 0 Å². The van der Waals surface area contributed by atoms with Gasteiger partial charge in [0, 0.05) is 13.2 Å². The van der Waals surface area contributed by atoms with Crippen molar-refractivity contribution in [2.75, 3.05) is 0 Å². The van der Waals surface area contributed by atoms with Crippen LogP contribution in [0.25, 0.3) is 0 Å². The first kappa shape index (κ1) is 13.0. The second-order valence-corrected chi connectivity index (χ2v) is 4.22. The lowest BCUT2D eigenvalue weighted by Gasteiger charge is -2.20. The molecule has 0 saturated carbocycles. The number of aryl methyl sites for hydroxylation is 1. The first-order valence-corrected chi connectivity index (χ1v) is 4.97. The van der Waals surface area contributed by atoms with E-state index in [1.165, 1.54) is 37.7 Å². The number of aliphatic carboxylic acids is 1. The summed E-state index contributed by atoms with van der Waals surface area (Å²) in [6.45, 7) is 2.70. The van der Waals surface area contributed by atoms with Crippen molar-refractivity contribution in [1.29, 1.82) is 0 Å². The summed E-state index contributed by atoms with van der Waals surface area (Å²) in [5.41, 5.74) is -1.96. The zero-order valence-corrected chi connectivity index (χ0v) is 9.85. The standard InChI is InChI=1S/C11H14N2O4/c1-11(2,10(16)17)12-8(14)7-5-4-6-13(3)9(7)15/h4-6H,1-3H3,(H,12,14)(H,16,17). The monoisotopic (exact) mass is 238 g/mol. The fourth-order valence-electron chi connectivity index (χ4n) is 1.17. The quantitative estimate of drug-likeness (QED) is 0.774. The van der Waals surface area contributed by atoms with Crippen LogP contribution in [-0.2, 0) is 11.8 Å². The Morgan fingerprint density at radius 3 is 2.53 bits per heavy atom. The van der Waals surface area contributed by atoms with Crippen LogP contribution in [0.4, 0.5) is 0 Å². The summed E-state index contributed by atoms with van der Waals surface area (Å²) in [5, 5.41) is 11.2. The third kappa shape index (κ3) is 2.72. The van der Waals surface area contributed by atoms with Crippen molar-refractivity contribution in [3.63, 3.8) is 0 Å². The van der Waals surface area contributed by atoms with E-state index in [1.807, 2.05) is 0 Å². The average Bonchev–Trinajstić information content (AvgIpc) is 2.21. The molecule has 1 aromatic rings. The molecule has 2 N–H and O–H groups in total. The number of carbonyl (C=O) groups excluding carboxylic acids is 1. The lowest BCUT2D eigenvalue weighted by Crippen LogP contribution is -2.50. The second-order valence-electron chi connectivity index (χ2n) is 4.22. The minimum Gasteiger partial charge on any atom is -0.480 e. The first-order chi connectivity index (χ1) is 7.75. The third-order valence-corrected chi connectivity index (χ3v) is 2.33. The van der Waals surface area contributed by atoms with E-state index in [-0.39, 0.29) is 5.56 Å². The average molecular weight is 238 g/mol. The van der Waals surface area contributed by atoms with Crippen molar-refractivity contribution in [2.45, 2.75) is 19.4 Å². The Hall–Kier alpha value is -2.11. The minimum absolute atomic E-state index is 0.0793. The molecular weight excluding hydrogens is 224 g/mol.